The average Bonchev–Trinajstić information content (AvgIpc) is 3.07. The van der Waals surface area contributed by atoms with Crippen LogP contribution >= 0.6 is 0 Å². The molecule has 2 aromatic rings. The van der Waals surface area contributed by atoms with Crippen LogP contribution in [0.5, 0.6) is 0 Å². The molecule has 0 bridgehead atoms. The zero-order chi connectivity index (χ0) is 17.9. The Kier molecular flexibility index (Phi) is 4.84. The van der Waals surface area contributed by atoms with Crippen LogP contribution in [-0.2, 0) is 0 Å². The number of nitrogens with one attached hydrogen (secondary N) is 2. The van der Waals surface area contributed by atoms with Crippen LogP contribution in [0.3, 0.4) is 0 Å². The van der Waals surface area contributed by atoms with Crippen molar-refractivity contribution in [2.75, 3.05) is 18.4 Å². The van der Waals surface area contributed by atoms with Crippen LogP contribution in [0.2, 0.25) is 0 Å². The molecule has 0 radical (unpaired) electrons. The summed E-state index contributed by atoms with van der Waals surface area (Å²) in [5.41, 5.74) is 0.740. The van der Waals surface area contributed by atoms with Crippen LogP contribution in [-0.4, -0.2) is 41.0 Å². The summed E-state index contributed by atoms with van der Waals surface area (Å²) in [5.74, 6) is -0.166. The Morgan fingerprint density at radius 1 is 1.12 bits per heavy atom. The molecule has 5 nitrogen and oxygen atoms in total. The Labute approximate surface area is 152 Å². The highest BCUT2D eigenvalue weighted by atomic mass is 19.1. The third kappa shape index (κ3) is 3.42. The maximum Gasteiger partial charge on any atom is 0.255 e. The normalized spacial score (nSPS) is 22.7. The van der Waals surface area contributed by atoms with Crippen LogP contribution in [0.4, 0.5) is 15.9 Å². The molecule has 1 amide bonds. The molecular formula is C20H23FN4O. The number of fused-ring (bicyclic) bond motifs is 1. The predicted molar refractivity (Wildman–Crippen MR) is 99.0 cm³/mol. The van der Waals surface area contributed by atoms with E-state index in [4.69, 9.17) is 0 Å². The number of carbonyl (C=O) groups is 1. The minimum atomic E-state index is -0.377. The molecular weight excluding hydrogens is 331 g/mol. The Hall–Kier alpha value is -2.47. The molecule has 0 spiro atoms. The molecule has 2 aliphatic rings. The number of piperidine rings is 1. The molecule has 2 N–H and O–H groups in total. The number of para-hydroxylation sites is 1. The minimum absolute atomic E-state index is 0.158. The van der Waals surface area contributed by atoms with Gasteiger partial charge in [-0.05, 0) is 50.1 Å². The highest BCUT2D eigenvalue weighted by Gasteiger charge is 2.36. The second-order valence-corrected chi connectivity index (χ2v) is 6.97. The van der Waals surface area contributed by atoms with Crippen LogP contribution in [0, 0.1) is 5.82 Å². The quantitative estimate of drug-likeness (QED) is 0.884. The van der Waals surface area contributed by atoms with Gasteiger partial charge >= 0.3 is 0 Å². The minimum Gasteiger partial charge on any atom is -0.348 e. The SMILES string of the molecule is O=C(NC1CCN2CCCCC12)c1cccnc1Nc1ccccc1F. The fourth-order valence-electron chi connectivity index (χ4n) is 4.04. The van der Waals surface area contributed by atoms with E-state index in [0.29, 0.717) is 23.1 Å². The van der Waals surface area contributed by atoms with Gasteiger partial charge in [0.05, 0.1) is 11.3 Å². The van der Waals surface area contributed by atoms with E-state index in [1.165, 1.54) is 18.9 Å². The fraction of sp³-hybridized carbons (Fsp3) is 0.400. The largest absolute Gasteiger partial charge is 0.348 e. The van der Waals surface area contributed by atoms with Crippen molar-refractivity contribution in [1.29, 1.82) is 0 Å². The monoisotopic (exact) mass is 354 g/mol. The molecule has 3 heterocycles. The summed E-state index contributed by atoms with van der Waals surface area (Å²) in [7, 11) is 0. The lowest BCUT2D eigenvalue weighted by molar-refractivity contribution is 0.0916. The van der Waals surface area contributed by atoms with E-state index in [1.807, 2.05) is 0 Å². The Morgan fingerprint density at radius 3 is 2.88 bits per heavy atom. The van der Waals surface area contributed by atoms with E-state index >= 15 is 0 Å². The fourth-order valence-corrected chi connectivity index (χ4v) is 4.04. The Morgan fingerprint density at radius 2 is 2.00 bits per heavy atom. The molecule has 6 heteroatoms. The first kappa shape index (κ1) is 17.0. The van der Waals surface area contributed by atoms with Gasteiger partial charge in [0.15, 0.2) is 0 Å². The van der Waals surface area contributed by atoms with E-state index < -0.39 is 0 Å². The van der Waals surface area contributed by atoms with Crippen molar-refractivity contribution in [1.82, 2.24) is 15.2 Å². The molecule has 2 fully saturated rings. The van der Waals surface area contributed by atoms with E-state index in [1.54, 1.807) is 36.5 Å². The maximum atomic E-state index is 13.9. The molecule has 2 atom stereocenters. The molecule has 2 saturated heterocycles. The maximum absolute atomic E-state index is 13.9. The Balaban J connectivity index is 1.51. The number of hydrogen-bond acceptors (Lipinski definition) is 4. The highest BCUT2D eigenvalue weighted by Crippen LogP contribution is 2.28. The van der Waals surface area contributed by atoms with Gasteiger partial charge < -0.3 is 10.6 Å². The lowest BCUT2D eigenvalue weighted by atomic mass is 9.99. The van der Waals surface area contributed by atoms with Gasteiger partial charge in [0.25, 0.3) is 5.91 Å². The summed E-state index contributed by atoms with van der Waals surface area (Å²) in [5, 5.41) is 6.13. The standard InChI is InChI=1S/C20H23FN4O/c21-15-7-1-2-8-16(15)23-19-14(6-5-11-22-19)20(26)24-17-10-13-25-12-4-3-9-18(17)25/h1-2,5-8,11,17-18H,3-4,9-10,12-13H2,(H,22,23)(H,24,26). The van der Waals surface area contributed by atoms with Gasteiger partial charge in [-0.1, -0.05) is 18.6 Å². The molecule has 0 aliphatic carbocycles. The van der Waals surface area contributed by atoms with E-state index in [-0.39, 0.29) is 17.8 Å². The van der Waals surface area contributed by atoms with E-state index in [2.05, 4.69) is 20.5 Å². The van der Waals surface area contributed by atoms with Crippen molar-refractivity contribution in [3.05, 3.63) is 54.0 Å². The molecule has 4 rings (SSSR count). The third-order valence-corrected chi connectivity index (χ3v) is 5.35. The van der Waals surface area contributed by atoms with Gasteiger partial charge in [-0.3, -0.25) is 9.69 Å². The van der Waals surface area contributed by atoms with Crippen molar-refractivity contribution in [3.63, 3.8) is 0 Å². The second kappa shape index (κ2) is 7.41. The van der Waals surface area contributed by atoms with E-state index in [0.717, 1.165) is 25.9 Å². The van der Waals surface area contributed by atoms with E-state index in [9.17, 15) is 9.18 Å². The molecule has 1 aromatic carbocycles. The topological polar surface area (TPSA) is 57.3 Å². The summed E-state index contributed by atoms with van der Waals surface area (Å²) in [6, 6.07) is 10.4. The van der Waals surface area contributed by atoms with Crippen molar-refractivity contribution < 1.29 is 9.18 Å². The summed E-state index contributed by atoms with van der Waals surface area (Å²) in [6.07, 6.45) is 6.18. The number of anilines is 2. The first-order valence-corrected chi connectivity index (χ1v) is 9.24. The summed E-state index contributed by atoms with van der Waals surface area (Å²) in [6.45, 7) is 2.17. The Bertz CT molecular complexity index is 797. The number of aromatic nitrogens is 1. The van der Waals surface area contributed by atoms with Gasteiger partial charge in [-0.15, -0.1) is 0 Å². The number of nitrogens with zero attached hydrogens (tertiary/aromatic N) is 2. The summed E-state index contributed by atoms with van der Waals surface area (Å²) in [4.78, 5) is 19.6. The first-order valence-electron chi connectivity index (χ1n) is 9.24. The molecule has 26 heavy (non-hydrogen) atoms. The lowest BCUT2D eigenvalue weighted by Crippen LogP contribution is -2.46. The van der Waals surface area contributed by atoms with Crippen LogP contribution in [0.1, 0.15) is 36.0 Å². The zero-order valence-corrected chi connectivity index (χ0v) is 14.6. The number of hydrogen-bond donors (Lipinski definition) is 2. The first-order chi connectivity index (χ1) is 12.7. The van der Waals surface area contributed by atoms with Crippen LogP contribution < -0.4 is 10.6 Å². The van der Waals surface area contributed by atoms with Gasteiger partial charge in [-0.2, -0.15) is 0 Å². The molecule has 1 aromatic heterocycles. The number of pyridine rings is 1. The van der Waals surface area contributed by atoms with Crippen molar-refractivity contribution in [2.45, 2.75) is 37.8 Å². The smallest absolute Gasteiger partial charge is 0.255 e. The molecule has 2 unspecified atom stereocenters. The van der Waals surface area contributed by atoms with Crippen LogP contribution in [0.15, 0.2) is 42.6 Å². The molecule has 136 valence electrons. The third-order valence-electron chi connectivity index (χ3n) is 5.35. The van der Waals surface area contributed by atoms with Crippen LogP contribution in [0.25, 0.3) is 0 Å². The molecule has 0 saturated carbocycles. The predicted octanol–water partition coefficient (Wildman–Crippen LogP) is 3.32. The number of carbonyl (C=O) groups excluding carboxylic acids is 1. The highest BCUT2D eigenvalue weighted by molar-refractivity contribution is 5.99. The number of amides is 1. The van der Waals surface area contributed by atoms with Crippen molar-refractivity contribution in [2.24, 2.45) is 0 Å². The second-order valence-electron chi connectivity index (χ2n) is 6.97. The summed E-state index contributed by atoms with van der Waals surface area (Å²) < 4.78 is 13.9. The zero-order valence-electron chi connectivity index (χ0n) is 14.6. The summed E-state index contributed by atoms with van der Waals surface area (Å²) >= 11 is 0. The van der Waals surface area contributed by atoms with Crippen molar-refractivity contribution >= 4 is 17.4 Å². The van der Waals surface area contributed by atoms with Gasteiger partial charge in [0, 0.05) is 24.8 Å². The molecule has 2 aliphatic heterocycles. The lowest BCUT2D eigenvalue weighted by Gasteiger charge is -2.32. The van der Waals surface area contributed by atoms with Crippen molar-refractivity contribution in [3.8, 4) is 0 Å². The number of benzene rings is 1. The van der Waals surface area contributed by atoms with Gasteiger partial charge in [0.1, 0.15) is 11.6 Å². The average molecular weight is 354 g/mol. The number of rotatable bonds is 4. The number of halogens is 1. The van der Waals surface area contributed by atoms with Gasteiger partial charge in [0.2, 0.25) is 0 Å². The van der Waals surface area contributed by atoms with Gasteiger partial charge in [-0.25, -0.2) is 9.37 Å².